The Bertz CT molecular complexity index is 1130. The number of carbonyl (C=O) groups excluding carboxylic acids is 1. The molecule has 162 valence electrons. The van der Waals surface area contributed by atoms with E-state index in [1.807, 2.05) is 32.9 Å². The molecule has 31 heavy (non-hydrogen) atoms. The predicted molar refractivity (Wildman–Crippen MR) is 119 cm³/mol. The van der Waals surface area contributed by atoms with Gasteiger partial charge < -0.3 is 14.6 Å². The van der Waals surface area contributed by atoms with Crippen molar-refractivity contribution in [3.05, 3.63) is 75.5 Å². The Morgan fingerprint density at radius 3 is 2.81 bits per heavy atom. The van der Waals surface area contributed by atoms with Crippen LogP contribution in [-0.2, 0) is 11.3 Å². The summed E-state index contributed by atoms with van der Waals surface area (Å²) < 4.78 is 6.84. The van der Waals surface area contributed by atoms with Gasteiger partial charge in [0, 0.05) is 48.6 Å². The number of aryl methyl sites for hydroxylation is 2. The Hall–Kier alpha value is -3.19. The quantitative estimate of drug-likeness (QED) is 0.548. The lowest BCUT2D eigenvalue weighted by Gasteiger charge is -2.11. The molecule has 4 rings (SSSR count). The molecular weight excluding hydrogens is 392 g/mol. The molecule has 2 N–H and O–H groups in total. The molecule has 7 heteroatoms. The average molecular weight is 421 g/mol. The van der Waals surface area contributed by atoms with E-state index in [4.69, 9.17) is 4.74 Å². The summed E-state index contributed by atoms with van der Waals surface area (Å²) in [5.74, 6) is 0.100. The van der Waals surface area contributed by atoms with Gasteiger partial charge in [-0.1, -0.05) is 24.3 Å². The van der Waals surface area contributed by atoms with Crippen LogP contribution in [0.4, 0.5) is 0 Å². The van der Waals surface area contributed by atoms with Crippen molar-refractivity contribution in [2.24, 2.45) is 0 Å². The number of nitrogens with zero attached hydrogens (tertiary/aromatic N) is 2. The summed E-state index contributed by atoms with van der Waals surface area (Å²) in [4.78, 5) is 24.8. The topological polar surface area (TPSA) is 89.0 Å². The first kappa shape index (κ1) is 21.1. The molecule has 1 aliphatic carbocycles. The van der Waals surface area contributed by atoms with Crippen molar-refractivity contribution in [1.29, 1.82) is 0 Å². The summed E-state index contributed by atoms with van der Waals surface area (Å²) in [6.45, 7) is 7.40. The van der Waals surface area contributed by atoms with Crippen molar-refractivity contribution < 1.29 is 9.53 Å². The molecule has 1 aliphatic rings. The Morgan fingerprint density at radius 1 is 1.26 bits per heavy atom. The number of hydrogen-bond donors (Lipinski definition) is 2. The van der Waals surface area contributed by atoms with Crippen LogP contribution >= 0.6 is 0 Å². The lowest BCUT2D eigenvalue weighted by Crippen LogP contribution is -2.29. The fourth-order valence-corrected chi connectivity index (χ4v) is 4.09. The first-order valence-electron chi connectivity index (χ1n) is 10.7. The van der Waals surface area contributed by atoms with Gasteiger partial charge in [-0.15, -0.1) is 0 Å². The van der Waals surface area contributed by atoms with Crippen LogP contribution in [0.2, 0.25) is 0 Å². The molecule has 2 atom stereocenters. The minimum atomic E-state index is -0.161. The van der Waals surface area contributed by atoms with Gasteiger partial charge in [0.2, 0.25) is 0 Å². The third kappa shape index (κ3) is 4.46. The number of carbonyl (C=O) groups is 1. The van der Waals surface area contributed by atoms with Gasteiger partial charge in [-0.25, -0.2) is 0 Å². The van der Waals surface area contributed by atoms with E-state index < -0.39 is 0 Å². The Kier molecular flexibility index (Phi) is 6.04. The normalized spacial score (nSPS) is 17.5. The van der Waals surface area contributed by atoms with Gasteiger partial charge >= 0.3 is 0 Å². The number of nitrogens with one attached hydrogen (secondary N) is 2. The molecule has 0 aliphatic heterocycles. The fourth-order valence-electron chi connectivity index (χ4n) is 4.09. The number of pyridine rings is 1. The van der Waals surface area contributed by atoms with Crippen molar-refractivity contribution >= 4 is 5.91 Å². The van der Waals surface area contributed by atoms with E-state index in [-0.39, 0.29) is 23.4 Å². The van der Waals surface area contributed by atoms with E-state index in [2.05, 4.69) is 27.6 Å². The van der Waals surface area contributed by atoms with Gasteiger partial charge in [0.25, 0.3) is 11.5 Å². The van der Waals surface area contributed by atoms with Crippen LogP contribution in [0.5, 0.6) is 0 Å². The van der Waals surface area contributed by atoms with Crippen LogP contribution in [0.3, 0.4) is 0 Å². The van der Waals surface area contributed by atoms with E-state index in [0.717, 1.165) is 28.9 Å². The molecule has 0 unspecified atom stereocenters. The highest BCUT2D eigenvalue weighted by Crippen LogP contribution is 2.45. The van der Waals surface area contributed by atoms with Crippen LogP contribution in [0, 0.1) is 13.8 Å². The van der Waals surface area contributed by atoms with Gasteiger partial charge in [0.1, 0.15) is 0 Å². The molecule has 7 nitrogen and oxygen atoms in total. The number of H-pyrrole nitrogens is 1. The SMILES string of the molecule is CCOCCn1cc(C(=O)N[C@@H]2C[C@H]2c2ccccc2-c2c(C)n[nH]c2C)ccc1=O. The molecule has 1 fully saturated rings. The summed E-state index contributed by atoms with van der Waals surface area (Å²) in [5.41, 5.74) is 5.88. The molecule has 1 aromatic carbocycles. The van der Waals surface area contributed by atoms with Crippen LogP contribution in [0.25, 0.3) is 11.1 Å². The number of ether oxygens (including phenoxy) is 1. The summed E-state index contributed by atoms with van der Waals surface area (Å²) in [6.07, 6.45) is 2.50. The van der Waals surface area contributed by atoms with Crippen LogP contribution in [0.1, 0.15) is 46.6 Å². The Labute approximate surface area is 181 Å². The van der Waals surface area contributed by atoms with E-state index in [1.54, 1.807) is 12.3 Å². The molecule has 3 aromatic rings. The highest BCUT2D eigenvalue weighted by atomic mass is 16.5. The van der Waals surface area contributed by atoms with Crippen LogP contribution < -0.4 is 10.9 Å². The second-order valence-electron chi connectivity index (χ2n) is 7.96. The molecule has 2 heterocycles. The predicted octanol–water partition coefficient (Wildman–Crippen LogP) is 3.18. The maximum Gasteiger partial charge on any atom is 0.253 e. The monoisotopic (exact) mass is 420 g/mol. The Balaban J connectivity index is 1.48. The van der Waals surface area contributed by atoms with Gasteiger partial charge in [-0.2, -0.15) is 5.10 Å². The first-order chi connectivity index (χ1) is 15.0. The number of amides is 1. The fraction of sp³-hybridized carbons (Fsp3) is 0.375. The number of hydrogen-bond acceptors (Lipinski definition) is 4. The van der Waals surface area contributed by atoms with Gasteiger partial charge in [-0.3, -0.25) is 14.7 Å². The van der Waals surface area contributed by atoms with E-state index in [9.17, 15) is 9.59 Å². The standard InChI is InChI=1S/C24H28N4O3/c1-4-31-12-11-28-14-17(9-10-22(28)29)24(30)25-21-13-20(21)18-7-5-6-8-19(18)23-15(2)26-27-16(23)3/h5-10,14,20-21H,4,11-13H2,1-3H3,(H,25,30)(H,26,27)/t20-,21+/m0/s1. The number of benzene rings is 1. The summed E-state index contributed by atoms with van der Waals surface area (Å²) in [5, 5.41) is 10.5. The number of aromatic nitrogens is 3. The third-order valence-corrected chi connectivity index (χ3v) is 5.79. The van der Waals surface area contributed by atoms with Gasteiger partial charge in [0.05, 0.1) is 17.9 Å². The second kappa shape index (κ2) is 8.89. The van der Waals surface area contributed by atoms with E-state index >= 15 is 0 Å². The lowest BCUT2D eigenvalue weighted by atomic mass is 9.95. The second-order valence-corrected chi connectivity index (χ2v) is 7.96. The largest absolute Gasteiger partial charge is 0.380 e. The molecular formula is C24H28N4O3. The summed E-state index contributed by atoms with van der Waals surface area (Å²) >= 11 is 0. The van der Waals surface area contributed by atoms with Crippen molar-refractivity contribution in [3.8, 4) is 11.1 Å². The molecule has 1 amide bonds. The highest BCUT2D eigenvalue weighted by Gasteiger charge is 2.41. The zero-order chi connectivity index (χ0) is 22.0. The summed E-state index contributed by atoms with van der Waals surface area (Å²) in [6, 6.07) is 11.4. The van der Waals surface area contributed by atoms with Gasteiger partial charge in [0.15, 0.2) is 0 Å². The number of aromatic amines is 1. The van der Waals surface area contributed by atoms with Gasteiger partial charge in [-0.05, 0) is 44.4 Å². The summed E-state index contributed by atoms with van der Waals surface area (Å²) in [7, 11) is 0. The molecule has 1 saturated carbocycles. The molecule has 0 bridgehead atoms. The zero-order valence-corrected chi connectivity index (χ0v) is 18.1. The minimum absolute atomic E-state index is 0.0740. The zero-order valence-electron chi connectivity index (χ0n) is 18.1. The smallest absolute Gasteiger partial charge is 0.253 e. The van der Waals surface area contributed by atoms with E-state index in [0.29, 0.717) is 25.3 Å². The van der Waals surface area contributed by atoms with Crippen LogP contribution in [0.15, 0.2) is 47.4 Å². The maximum absolute atomic E-state index is 12.8. The lowest BCUT2D eigenvalue weighted by molar-refractivity contribution is 0.0948. The molecule has 0 radical (unpaired) electrons. The minimum Gasteiger partial charge on any atom is -0.380 e. The molecule has 0 spiro atoms. The molecule has 0 saturated heterocycles. The van der Waals surface area contributed by atoms with Crippen molar-refractivity contribution in [1.82, 2.24) is 20.1 Å². The first-order valence-corrected chi connectivity index (χ1v) is 10.7. The van der Waals surface area contributed by atoms with Crippen LogP contribution in [-0.4, -0.2) is 39.9 Å². The van der Waals surface area contributed by atoms with E-state index in [1.165, 1.54) is 16.2 Å². The van der Waals surface area contributed by atoms with Crippen molar-refractivity contribution in [2.75, 3.05) is 13.2 Å². The molecule has 2 aromatic heterocycles. The highest BCUT2D eigenvalue weighted by molar-refractivity contribution is 5.94. The van der Waals surface area contributed by atoms with Crippen molar-refractivity contribution in [2.45, 2.75) is 45.7 Å². The maximum atomic E-state index is 12.8. The Morgan fingerprint density at radius 2 is 2.06 bits per heavy atom. The number of rotatable bonds is 8. The average Bonchev–Trinajstić information content (AvgIpc) is 3.44. The van der Waals surface area contributed by atoms with Crippen molar-refractivity contribution in [3.63, 3.8) is 0 Å². The third-order valence-electron chi connectivity index (χ3n) is 5.79.